The van der Waals surface area contributed by atoms with Gasteiger partial charge in [0.25, 0.3) is 0 Å². The summed E-state index contributed by atoms with van der Waals surface area (Å²) in [6.45, 7) is 0. The molecule has 1 aromatic heterocycles. The third-order valence-corrected chi connectivity index (χ3v) is 5.37. The number of hydrogen-bond acceptors (Lipinski definition) is 2. The summed E-state index contributed by atoms with van der Waals surface area (Å²) in [6, 6.07) is 2.85. The maximum absolute atomic E-state index is 3.67. The number of thiophene rings is 1. The summed E-state index contributed by atoms with van der Waals surface area (Å²) in [4.78, 5) is 1.54. The Labute approximate surface area is 104 Å². The number of nitrogens with one attached hydrogen (secondary N) is 1. The Balaban J connectivity index is 2.20. The highest BCUT2D eigenvalue weighted by Crippen LogP contribution is 2.38. The van der Waals surface area contributed by atoms with Crippen LogP contribution in [0.4, 0.5) is 0 Å². The summed E-state index contributed by atoms with van der Waals surface area (Å²) >= 11 is 5.56. The smallest absolute Gasteiger partial charge is 0.0317 e. The lowest BCUT2D eigenvalue weighted by molar-refractivity contribution is 0.443. The molecular formula is C12H18BrNS. The topological polar surface area (TPSA) is 12.0 Å². The molecule has 2 unspecified atom stereocenters. The van der Waals surface area contributed by atoms with E-state index in [9.17, 15) is 0 Å². The van der Waals surface area contributed by atoms with E-state index in [0.717, 1.165) is 0 Å². The first-order chi connectivity index (χ1) is 7.33. The average Bonchev–Trinajstić information content (AvgIpc) is 2.54. The molecule has 0 saturated heterocycles. The average molecular weight is 288 g/mol. The molecule has 2 atom stereocenters. The molecule has 0 aromatic carbocycles. The molecule has 0 bridgehead atoms. The van der Waals surface area contributed by atoms with E-state index >= 15 is 0 Å². The van der Waals surface area contributed by atoms with Gasteiger partial charge in [-0.25, -0.2) is 0 Å². The minimum absolute atomic E-state index is 0.669. The van der Waals surface area contributed by atoms with Crippen molar-refractivity contribution in [3.8, 4) is 0 Å². The first-order valence-corrected chi connectivity index (χ1v) is 7.40. The number of likely N-dealkylation sites (N-methyl/N-ethyl adjacent to an activating group) is 1. The van der Waals surface area contributed by atoms with Gasteiger partial charge in [0.15, 0.2) is 0 Å². The molecule has 0 spiro atoms. The fourth-order valence-corrected chi connectivity index (χ4v) is 4.41. The van der Waals surface area contributed by atoms with Crippen LogP contribution in [0.5, 0.6) is 0 Å². The van der Waals surface area contributed by atoms with Gasteiger partial charge in [-0.2, -0.15) is 0 Å². The van der Waals surface area contributed by atoms with Gasteiger partial charge in [0, 0.05) is 21.3 Å². The van der Waals surface area contributed by atoms with E-state index in [2.05, 4.69) is 39.7 Å². The van der Waals surface area contributed by atoms with Gasteiger partial charge in [0.1, 0.15) is 0 Å². The second-order valence-corrected chi connectivity index (χ2v) is 6.07. The minimum Gasteiger partial charge on any atom is -0.316 e. The van der Waals surface area contributed by atoms with E-state index in [1.165, 1.54) is 41.5 Å². The van der Waals surface area contributed by atoms with Crippen LogP contribution in [0.25, 0.3) is 0 Å². The summed E-state index contributed by atoms with van der Waals surface area (Å²) < 4.78 is 1.31. The molecule has 3 heteroatoms. The van der Waals surface area contributed by atoms with Gasteiger partial charge in [-0.05, 0) is 47.3 Å². The fourth-order valence-electron chi connectivity index (χ4n) is 2.54. The zero-order chi connectivity index (χ0) is 10.7. The van der Waals surface area contributed by atoms with Crippen LogP contribution in [0.3, 0.4) is 0 Å². The zero-order valence-corrected chi connectivity index (χ0v) is 11.5. The summed E-state index contributed by atoms with van der Waals surface area (Å²) in [6.07, 6.45) is 6.83. The maximum Gasteiger partial charge on any atom is 0.0317 e. The van der Waals surface area contributed by atoms with Gasteiger partial charge in [0.05, 0.1) is 0 Å². The van der Waals surface area contributed by atoms with Crippen LogP contribution in [0.15, 0.2) is 15.9 Å². The molecule has 0 radical (unpaired) electrons. The highest BCUT2D eigenvalue weighted by molar-refractivity contribution is 9.10. The summed E-state index contributed by atoms with van der Waals surface area (Å²) in [7, 11) is 2.10. The van der Waals surface area contributed by atoms with Crippen LogP contribution in [0, 0.1) is 0 Å². The van der Waals surface area contributed by atoms with E-state index in [-0.39, 0.29) is 0 Å². The number of rotatable bonds is 2. The van der Waals surface area contributed by atoms with Crippen molar-refractivity contribution < 1.29 is 0 Å². The molecule has 1 fully saturated rings. The van der Waals surface area contributed by atoms with Crippen molar-refractivity contribution in [1.82, 2.24) is 5.32 Å². The third kappa shape index (κ3) is 2.63. The van der Waals surface area contributed by atoms with Crippen LogP contribution in [0.2, 0.25) is 0 Å². The minimum atomic E-state index is 0.669. The number of halogens is 1. The normalized spacial score (nSPS) is 27.6. The highest BCUT2D eigenvalue weighted by atomic mass is 79.9. The molecule has 1 N–H and O–H groups in total. The van der Waals surface area contributed by atoms with Crippen LogP contribution in [-0.4, -0.2) is 13.1 Å². The van der Waals surface area contributed by atoms with Gasteiger partial charge in [-0.1, -0.05) is 19.3 Å². The Morgan fingerprint density at radius 2 is 2.13 bits per heavy atom. The Kier molecular flexibility index (Phi) is 4.23. The molecule has 0 amide bonds. The lowest BCUT2D eigenvalue weighted by Gasteiger charge is -2.24. The molecule has 1 aliphatic carbocycles. The SMILES string of the molecule is CNC1CCCCCC1c1sccc1Br. The Bertz CT molecular complexity index is 310. The van der Waals surface area contributed by atoms with E-state index in [1.54, 1.807) is 0 Å². The van der Waals surface area contributed by atoms with Crippen molar-refractivity contribution in [3.05, 3.63) is 20.8 Å². The van der Waals surface area contributed by atoms with Crippen molar-refractivity contribution in [2.24, 2.45) is 0 Å². The molecule has 84 valence electrons. The standard InChI is InChI=1S/C12H18BrNS/c1-14-11-6-4-2-3-5-9(11)12-10(13)7-8-15-12/h7-9,11,14H,2-6H2,1H3. The van der Waals surface area contributed by atoms with Crippen molar-refractivity contribution in [2.45, 2.75) is 44.1 Å². The Hall–Kier alpha value is 0.140. The quantitative estimate of drug-likeness (QED) is 0.806. The third-order valence-electron chi connectivity index (χ3n) is 3.37. The highest BCUT2D eigenvalue weighted by Gasteiger charge is 2.26. The second-order valence-electron chi connectivity index (χ2n) is 4.27. The lowest BCUT2D eigenvalue weighted by atomic mass is 9.93. The van der Waals surface area contributed by atoms with Gasteiger partial charge < -0.3 is 5.32 Å². The molecule has 1 aliphatic rings. The van der Waals surface area contributed by atoms with Crippen LogP contribution in [-0.2, 0) is 0 Å². The molecular weight excluding hydrogens is 270 g/mol. The molecule has 1 heterocycles. The fraction of sp³-hybridized carbons (Fsp3) is 0.667. The first kappa shape index (κ1) is 11.6. The molecule has 1 aromatic rings. The van der Waals surface area contributed by atoms with Crippen molar-refractivity contribution in [1.29, 1.82) is 0 Å². The molecule has 1 nitrogen and oxygen atoms in total. The van der Waals surface area contributed by atoms with Crippen molar-refractivity contribution in [3.63, 3.8) is 0 Å². The van der Waals surface area contributed by atoms with E-state index in [4.69, 9.17) is 0 Å². The van der Waals surface area contributed by atoms with Gasteiger partial charge in [-0.3, -0.25) is 0 Å². The monoisotopic (exact) mass is 287 g/mol. The van der Waals surface area contributed by atoms with Gasteiger partial charge in [0.2, 0.25) is 0 Å². The van der Waals surface area contributed by atoms with Crippen LogP contribution in [0.1, 0.15) is 42.9 Å². The van der Waals surface area contributed by atoms with E-state index < -0.39 is 0 Å². The van der Waals surface area contributed by atoms with Crippen LogP contribution >= 0.6 is 27.3 Å². The van der Waals surface area contributed by atoms with E-state index in [1.807, 2.05) is 11.3 Å². The largest absolute Gasteiger partial charge is 0.316 e. The summed E-state index contributed by atoms with van der Waals surface area (Å²) in [5.41, 5.74) is 0. The van der Waals surface area contributed by atoms with Crippen LogP contribution < -0.4 is 5.32 Å². The molecule has 1 saturated carbocycles. The molecule has 15 heavy (non-hydrogen) atoms. The predicted molar refractivity (Wildman–Crippen MR) is 70.7 cm³/mol. The molecule has 0 aliphatic heterocycles. The summed E-state index contributed by atoms with van der Waals surface area (Å²) in [5.74, 6) is 0.715. The second kappa shape index (κ2) is 5.46. The Morgan fingerprint density at radius 1 is 1.33 bits per heavy atom. The maximum atomic E-state index is 3.67. The number of hydrogen-bond donors (Lipinski definition) is 1. The molecule has 2 rings (SSSR count). The zero-order valence-electron chi connectivity index (χ0n) is 9.13. The van der Waals surface area contributed by atoms with Crippen molar-refractivity contribution in [2.75, 3.05) is 7.05 Å². The first-order valence-electron chi connectivity index (χ1n) is 5.73. The predicted octanol–water partition coefficient (Wildman–Crippen LogP) is 4.15. The van der Waals surface area contributed by atoms with Gasteiger partial charge in [-0.15, -0.1) is 11.3 Å². The lowest BCUT2D eigenvalue weighted by Crippen LogP contribution is -2.30. The summed E-state index contributed by atoms with van der Waals surface area (Å²) in [5, 5.41) is 5.69. The van der Waals surface area contributed by atoms with Crippen molar-refractivity contribution >= 4 is 27.3 Å². The van der Waals surface area contributed by atoms with Gasteiger partial charge >= 0.3 is 0 Å². The Morgan fingerprint density at radius 3 is 2.80 bits per heavy atom. The van der Waals surface area contributed by atoms with E-state index in [0.29, 0.717) is 12.0 Å².